The quantitative estimate of drug-likeness (QED) is 0.800. The minimum atomic E-state index is -2.84. The number of hydrogen-bond donors (Lipinski definition) is 1. The summed E-state index contributed by atoms with van der Waals surface area (Å²) in [5, 5.41) is 3.65. The summed E-state index contributed by atoms with van der Waals surface area (Å²) in [7, 11) is -2.84. The third-order valence-corrected chi connectivity index (χ3v) is 8.08. The summed E-state index contributed by atoms with van der Waals surface area (Å²) in [5.41, 5.74) is 0.316. The monoisotopic (exact) mass is 283 g/mol. The molecule has 0 aromatic heterocycles. The molecular weight excluding hydrogens is 258 g/mol. The van der Waals surface area contributed by atoms with E-state index in [4.69, 9.17) is 0 Å². The van der Waals surface area contributed by atoms with E-state index in [0.29, 0.717) is 16.9 Å². The van der Waals surface area contributed by atoms with Gasteiger partial charge in [0, 0.05) is 12.1 Å². The van der Waals surface area contributed by atoms with Crippen molar-refractivity contribution in [3.63, 3.8) is 0 Å². The Morgan fingerprint density at radius 3 is 1.95 bits per heavy atom. The average Bonchev–Trinajstić information content (AvgIpc) is 2.23. The Morgan fingerprint density at radius 1 is 0.947 bits per heavy atom. The highest BCUT2D eigenvalue weighted by Gasteiger charge is 2.55. The third-order valence-electron chi connectivity index (χ3n) is 6.24. The predicted molar refractivity (Wildman–Crippen MR) is 75.6 cm³/mol. The fourth-order valence-corrected chi connectivity index (χ4v) is 8.05. The average molecular weight is 283 g/mol. The van der Waals surface area contributed by atoms with Crippen LogP contribution in [0.25, 0.3) is 0 Å². The molecule has 5 fully saturated rings. The van der Waals surface area contributed by atoms with Gasteiger partial charge < -0.3 is 5.32 Å². The van der Waals surface area contributed by atoms with Crippen LogP contribution in [-0.4, -0.2) is 32.0 Å². The van der Waals surface area contributed by atoms with Gasteiger partial charge in [-0.3, -0.25) is 0 Å². The van der Waals surface area contributed by atoms with Gasteiger partial charge in [-0.1, -0.05) is 0 Å². The van der Waals surface area contributed by atoms with Gasteiger partial charge in [0.25, 0.3) is 0 Å². The summed E-state index contributed by atoms with van der Waals surface area (Å²) in [6, 6.07) is 0.367. The Labute approximate surface area is 116 Å². The molecular formula is C15H25NO2S. The lowest BCUT2D eigenvalue weighted by atomic mass is 9.48. The lowest BCUT2D eigenvalue weighted by molar-refractivity contribution is -0.0715. The van der Waals surface area contributed by atoms with Crippen LogP contribution in [0.2, 0.25) is 0 Å². The summed E-state index contributed by atoms with van der Waals surface area (Å²) in [4.78, 5) is 0. The zero-order valence-electron chi connectivity index (χ0n) is 11.8. The van der Waals surface area contributed by atoms with E-state index in [2.05, 4.69) is 5.32 Å². The van der Waals surface area contributed by atoms with Crippen LogP contribution in [0.4, 0.5) is 0 Å². The molecule has 1 heterocycles. The SMILES string of the molecule is CC1CS(=O)(=O)CC(C23CC4CC(CC(C4)C2)C3)N1. The van der Waals surface area contributed by atoms with Gasteiger partial charge in [-0.2, -0.15) is 0 Å². The molecule has 3 nitrogen and oxygen atoms in total. The van der Waals surface area contributed by atoms with Gasteiger partial charge in [-0.25, -0.2) is 8.42 Å². The lowest BCUT2D eigenvalue weighted by Crippen LogP contribution is -2.62. The standard InChI is InChI=1S/C15H25NO2S/c1-10-8-19(17,18)9-14(16-10)15-5-11-2-12(6-15)4-13(3-11)7-15/h10-14,16H,2-9H2,1H3. The summed E-state index contributed by atoms with van der Waals surface area (Å²) in [5.74, 6) is 3.41. The van der Waals surface area contributed by atoms with Crippen LogP contribution < -0.4 is 5.32 Å². The first-order chi connectivity index (χ1) is 8.94. The van der Waals surface area contributed by atoms with E-state index in [9.17, 15) is 8.42 Å². The summed E-state index contributed by atoms with van der Waals surface area (Å²) in [6.07, 6.45) is 8.15. The second-order valence-corrected chi connectivity index (χ2v) is 10.1. The van der Waals surface area contributed by atoms with Crippen LogP contribution >= 0.6 is 0 Å². The van der Waals surface area contributed by atoms with Crippen molar-refractivity contribution in [1.29, 1.82) is 0 Å². The molecule has 0 aromatic rings. The Hall–Kier alpha value is -0.0900. The summed E-state index contributed by atoms with van der Waals surface area (Å²) < 4.78 is 24.2. The minimum absolute atomic E-state index is 0.136. The van der Waals surface area contributed by atoms with E-state index in [-0.39, 0.29) is 12.1 Å². The van der Waals surface area contributed by atoms with Crippen LogP contribution in [0.1, 0.15) is 45.4 Å². The fourth-order valence-electron chi connectivity index (χ4n) is 6.10. The lowest BCUT2D eigenvalue weighted by Gasteiger charge is -2.60. The van der Waals surface area contributed by atoms with Crippen molar-refractivity contribution in [2.45, 2.75) is 57.5 Å². The van der Waals surface area contributed by atoms with Crippen molar-refractivity contribution in [2.24, 2.45) is 23.2 Å². The maximum Gasteiger partial charge on any atom is 0.153 e. The van der Waals surface area contributed by atoms with E-state index >= 15 is 0 Å². The Kier molecular flexibility index (Phi) is 2.64. The fraction of sp³-hybridized carbons (Fsp3) is 1.00. The Balaban J connectivity index is 1.64. The van der Waals surface area contributed by atoms with Crippen molar-refractivity contribution in [1.82, 2.24) is 5.32 Å². The Bertz CT molecular complexity index is 449. The van der Waals surface area contributed by atoms with E-state index in [0.717, 1.165) is 17.8 Å². The molecule has 1 saturated heterocycles. The zero-order valence-corrected chi connectivity index (χ0v) is 12.6. The highest BCUT2D eigenvalue weighted by molar-refractivity contribution is 7.91. The number of sulfone groups is 1. The van der Waals surface area contributed by atoms with Gasteiger partial charge >= 0.3 is 0 Å². The van der Waals surface area contributed by atoms with Gasteiger partial charge in [0.15, 0.2) is 9.84 Å². The maximum absolute atomic E-state index is 12.1. The highest BCUT2D eigenvalue weighted by atomic mass is 32.2. The van der Waals surface area contributed by atoms with Gasteiger partial charge in [0.05, 0.1) is 11.5 Å². The third kappa shape index (κ3) is 2.06. The normalized spacial score (nSPS) is 55.3. The first-order valence-electron chi connectivity index (χ1n) is 7.91. The van der Waals surface area contributed by atoms with Crippen LogP contribution in [0, 0.1) is 23.2 Å². The van der Waals surface area contributed by atoms with Crippen LogP contribution in [0.15, 0.2) is 0 Å². The second-order valence-electron chi connectivity index (χ2n) is 7.98. The molecule has 0 radical (unpaired) electrons. The van der Waals surface area contributed by atoms with E-state index in [1.165, 1.54) is 38.5 Å². The van der Waals surface area contributed by atoms with Crippen LogP contribution in [-0.2, 0) is 9.84 Å². The van der Waals surface area contributed by atoms with E-state index in [1.54, 1.807) is 0 Å². The molecule has 0 aromatic carbocycles. The van der Waals surface area contributed by atoms with Crippen molar-refractivity contribution in [2.75, 3.05) is 11.5 Å². The molecule has 2 unspecified atom stereocenters. The Morgan fingerprint density at radius 2 is 1.47 bits per heavy atom. The van der Waals surface area contributed by atoms with Crippen LogP contribution in [0.5, 0.6) is 0 Å². The van der Waals surface area contributed by atoms with Crippen LogP contribution in [0.3, 0.4) is 0 Å². The summed E-state index contributed by atoms with van der Waals surface area (Å²) >= 11 is 0. The first kappa shape index (κ1) is 12.6. The molecule has 5 aliphatic rings. The second kappa shape index (κ2) is 3.97. The molecule has 4 bridgehead atoms. The molecule has 1 aliphatic heterocycles. The largest absolute Gasteiger partial charge is 0.309 e. The molecule has 0 spiro atoms. The molecule has 0 amide bonds. The number of rotatable bonds is 1. The van der Waals surface area contributed by atoms with Gasteiger partial charge in [-0.05, 0) is 68.6 Å². The van der Waals surface area contributed by atoms with Crippen molar-refractivity contribution in [3.8, 4) is 0 Å². The van der Waals surface area contributed by atoms with Gasteiger partial charge in [0.1, 0.15) is 0 Å². The predicted octanol–water partition coefficient (Wildman–Crippen LogP) is 1.98. The van der Waals surface area contributed by atoms with Crippen molar-refractivity contribution < 1.29 is 8.42 Å². The number of hydrogen-bond acceptors (Lipinski definition) is 3. The molecule has 4 heteroatoms. The van der Waals surface area contributed by atoms with Gasteiger partial charge in [0.2, 0.25) is 0 Å². The minimum Gasteiger partial charge on any atom is -0.309 e. The molecule has 5 rings (SSSR count). The molecule has 2 atom stereocenters. The van der Waals surface area contributed by atoms with Crippen molar-refractivity contribution in [3.05, 3.63) is 0 Å². The summed E-state index contributed by atoms with van der Waals surface area (Å²) in [6.45, 7) is 2.03. The van der Waals surface area contributed by atoms with Gasteiger partial charge in [-0.15, -0.1) is 0 Å². The molecule has 4 aliphatic carbocycles. The van der Waals surface area contributed by atoms with E-state index in [1.807, 2.05) is 6.92 Å². The topological polar surface area (TPSA) is 46.2 Å². The highest BCUT2D eigenvalue weighted by Crippen LogP contribution is 2.61. The smallest absolute Gasteiger partial charge is 0.153 e. The molecule has 108 valence electrons. The zero-order chi connectivity index (χ0) is 13.3. The molecule has 1 N–H and O–H groups in total. The number of nitrogens with one attached hydrogen (secondary N) is 1. The molecule has 19 heavy (non-hydrogen) atoms. The van der Waals surface area contributed by atoms with Crippen molar-refractivity contribution >= 4 is 9.84 Å². The maximum atomic E-state index is 12.1. The first-order valence-corrected chi connectivity index (χ1v) is 9.73. The molecule has 4 saturated carbocycles. The van der Waals surface area contributed by atoms with E-state index < -0.39 is 9.84 Å².